The van der Waals surface area contributed by atoms with Crippen LogP contribution in [0.2, 0.25) is 0 Å². The van der Waals surface area contributed by atoms with Gasteiger partial charge in [0.05, 0.1) is 19.4 Å². The van der Waals surface area contributed by atoms with Gasteiger partial charge in [-0.2, -0.15) is 5.26 Å². The lowest BCUT2D eigenvalue weighted by Gasteiger charge is -2.09. The van der Waals surface area contributed by atoms with E-state index in [1.54, 1.807) is 25.3 Å². The SMILES string of the molecule is CCOc1ccc(/C=C(\C#N)C(=O)Nc2nc(-c3ccc(CC)cc3)cs2)cc1OC. The van der Waals surface area contributed by atoms with E-state index in [9.17, 15) is 10.1 Å². The minimum atomic E-state index is -0.516. The molecule has 31 heavy (non-hydrogen) atoms. The number of methoxy groups -OCH3 is 1. The molecule has 0 aliphatic carbocycles. The second kappa shape index (κ2) is 10.4. The Balaban J connectivity index is 1.75. The summed E-state index contributed by atoms with van der Waals surface area (Å²) in [4.78, 5) is 17.1. The van der Waals surface area contributed by atoms with Gasteiger partial charge in [0.1, 0.15) is 11.6 Å². The molecule has 0 unspecified atom stereocenters. The van der Waals surface area contributed by atoms with Crippen molar-refractivity contribution in [2.45, 2.75) is 20.3 Å². The minimum absolute atomic E-state index is 0.0322. The molecule has 1 heterocycles. The highest BCUT2D eigenvalue weighted by molar-refractivity contribution is 7.14. The van der Waals surface area contributed by atoms with Crippen molar-refractivity contribution in [1.29, 1.82) is 5.26 Å². The van der Waals surface area contributed by atoms with Gasteiger partial charge < -0.3 is 9.47 Å². The van der Waals surface area contributed by atoms with E-state index in [-0.39, 0.29) is 5.57 Å². The van der Waals surface area contributed by atoms with Crippen molar-refractivity contribution in [3.63, 3.8) is 0 Å². The molecule has 1 aromatic heterocycles. The van der Waals surface area contributed by atoms with Crippen molar-refractivity contribution in [1.82, 2.24) is 4.98 Å². The van der Waals surface area contributed by atoms with E-state index >= 15 is 0 Å². The summed E-state index contributed by atoms with van der Waals surface area (Å²) in [5, 5.41) is 14.5. The van der Waals surface area contributed by atoms with Gasteiger partial charge in [-0.3, -0.25) is 10.1 Å². The predicted octanol–water partition coefficient (Wildman–Crippen LogP) is 5.33. The van der Waals surface area contributed by atoms with Crippen molar-refractivity contribution in [3.05, 3.63) is 64.5 Å². The summed E-state index contributed by atoms with van der Waals surface area (Å²) in [7, 11) is 1.54. The highest BCUT2D eigenvalue weighted by Crippen LogP contribution is 2.29. The minimum Gasteiger partial charge on any atom is -0.493 e. The first-order valence-corrected chi connectivity index (χ1v) is 10.7. The Morgan fingerprint density at radius 2 is 1.97 bits per heavy atom. The molecule has 0 aliphatic heterocycles. The number of aryl methyl sites for hydroxylation is 1. The average molecular weight is 434 g/mol. The molecule has 1 N–H and O–H groups in total. The normalized spacial score (nSPS) is 11.0. The van der Waals surface area contributed by atoms with Crippen LogP contribution in [0.5, 0.6) is 11.5 Å². The van der Waals surface area contributed by atoms with Crippen LogP contribution < -0.4 is 14.8 Å². The zero-order valence-corrected chi connectivity index (χ0v) is 18.5. The summed E-state index contributed by atoms with van der Waals surface area (Å²) >= 11 is 1.31. The molecule has 0 radical (unpaired) electrons. The van der Waals surface area contributed by atoms with Crippen LogP contribution in [0.1, 0.15) is 25.0 Å². The largest absolute Gasteiger partial charge is 0.493 e. The fourth-order valence-electron chi connectivity index (χ4n) is 2.90. The zero-order valence-electron chi connectivity index (χ0n) is 17.6. The highest BCUT2D eigenvalue weighted by Gasteiger charge is 2.13. The Labute approximate surface area is 185 Å². The Kier molecular flexibility index (Phi) is 7.41. The van der Waals surface area contributed by atoms with E-state index < -0.39 is 5.91 Å². The molecule has 0 atom stereocenters. The Morgan fingerprint density at radius 1 is 1.19 bits per heavy atom. The third-order valence-corrected chi connectivity index (χ3v) is 5.30. The van der Waals surface area contributed by atoms with Gasteiger partial charge in [-0.05, 0) is 42.7 Å². The second-order valence-electron chi connectivity index (χ2n) is 6.56. The third kappa shape index (κ3) is 5.50. The van der Waals surface area contributed by atoms with Crippen LogP contribution in [0.15, 0.2) is 53.4 Å². The van der Waals surface area contributed by atoms with Gasteiger partial charge in [-0.25, -0.2) is 4.98 Å². The lowest BCUT2D eigenvalue weighted by Crippen LogP contribution is -2.13. The van der Waals surface area contributed by atoms with Crippen molar-refractivity contribution < 1.29 is 14.3 Å². The van der Waals surface area contributed by atoms with Crippen molar-refractivity contribution in [2.75, 3.05) is 19.0 Å². The molecule has 3 rings (SSSR count). The van der Waals surface area contributed by atoms with E-state index in [0.717, 1.165) is 17.7 Å². The number of nitrogens with one attached hydrogen (secondary N) is 1. The predicted molar refractivity (Wildman–Crippen MR) is 123 cm³/mol. The number of aromatic nitrogens is 1. The maximum Gasteiger partial charge on any atom is 0.268 e. The quantitative estimate of drug-likeness (QED) is 0.384. The summed E-state index contributed by atoms with van der Waals surface area (Å²) in [6, 6.07) is 15.3. The molecule has 0 aliphatic rings. The topological polar surface area (TPSA) is 84.2 Å². The number of carbonyl (C=O) groups is 1. The molecule has 7 heteroatoms. The molecular formula is C24H23N3O3S. The first-order chi connectivity index (χ1) is 15.1. The van der Waals surface area contributed by atoms with Crippen molar-refractivity contribution in [2.24, 2.45) is 0 Å². The Morgan fingerprint density at radius 3 is 2.61 bits per heavy atom. The number of hydrogen-bond donors (Lipinski definition) is 1. The monoisotopic (exact) mass is 433 g/mol. The zero-order chi connectivity index (χ0) is 22.2. The number of ether oxygens (including phenoxy) is 2. The van der Waals surface area contributed by atoms with Crippen LogP contribution in [0, 0.1) is 11.3 Å². The van der Waals surface area contributed by atoms with Gasteiger partial charge >= 0.3 is 0 Å². The van der Waals surface area contributed by atoms with E-state index in [2.05, 4.69) is 29.4 Å². The first-order valence-electron chi connectivity index (χ1n) is 9.86. The van der Waals surface area contributed by atoms with Crippen LogP contribution in [-0.2, 0) is 11.2 Å². The van der Waals surface area contributed by atoms with Gasteiger partial charge in [0, 0.05) is 10.9 Å². The highest BCUT2D eigenvalue weighted by atomic mass is 32.1. The van der Waals surface area contributed by atoms with Crippen molar-refractivity contribution >= 4 is 28.5 Å². The lowest BCUT2D eigenvalue weighted by atomic mass is 10.1. The van der Waals surface area contributed by atoms with Crippen LogP contribution in [0.3, 0.4) is 0 Å². The molecule has 1 amide bonds. The summed E-state index contributed by atoms with van der Waals surface area (Å²) in [5.41, 5.74) is 3.63. The number of anilines is 1. The van der Waals surface area contributed by atoms with E-state index in [0.29, 0.717) is 28.8 Å². The molecule has 0 saturated carbocycles. The maximum atomic E-state index is 12.6. The van der Waals surface area contributed by atoms with Crippen LogP contribution in [0.4, 0.5) is 5.13 Å². The number of benzene rings is 2. The summed E-state index contributed by atoms with van der Waals surface area (Å²) in [5.74, 6) is 0.622. The molecule has 0 fully saturated rings. The van der Waals surface area contributed by atoms with Gasteiger partial charge in [0.2, 0.25) is 0 Å². The van der Waals surface area contributed by atoms with E-state index in [4.69, 9.17) is 9.47 Å². The molecule has 0 saturated heterocycles. The average Bonchev–Trinajstić information content (AvgIpc) is 3.26. The van der Waals surface area contributed by atoms with E-state index in [1.165, 1.54) is 23.0 Å². The Bertz CT molecular complexity index is 1130. The molecule has 2 aromatic carbocycles. The van der Waals surface area contributed by atoms with Gasteiger partial charge in [-0.1, -0.05) is 37.3 Å². The van der Waals surface area contributed by atoms with Crippen LogP contribution >= 0.6 is 11.3 Å². The third-order valence-electron chi connectivity index (χ3n) is 4.55. The van der Waals surface area contributed by atoms with Crippen LogP contribution in [-0.4, -0.2) is 24.6 Å². The fourth-order valence-corrected chi connectivity index (χ4v) is 3.62. The van der Waals surface area contributed by atoms with Gasteiger partial charge in [0.25, 0.3) is 5.91 Å². The molecule has 0 spiro atoms. The summed E-state index contributed by atoms with van der Waals surface area (Å²) in [6.07, 6.45) is 2.48. The molecule has 6 nitrogen and oxygen atoms in total. The first kappa shape index (κ1) is 22.1. The standard InChI is InChI=1S/C24H23N3O3S/c1-4-16-6-9-18(10-7-16)20-15-31-24(26-20)27-23(28)19(14-25)12-17-8-11-21(30-5-2)22(13-17)29-3/h6-13,15H,4-5H2,1-3H3,(H,26,27,28)/b19-12+. The number of nitrogens with zero attached hydrogens (tertiary/aromatic N) is 2. The number of amides is 1. The lowest BCUT2D eigenvalue weighted by molar-refractivity contribution is -0.112. The smallest absolute Gasteiger partial charge is 0.268 e. The summed E-state index contributed by atoms with van der Waals surface area (Å²) in [6.45, 7) is 4.50. The van der Waals surface area contributed by atoms with Crippen molar-refractivity contribution in [3.8, 4) is 28.8 Å². The van der Waals surface area contributed by atoms with Crippen LogP contribution in [0.25, 0.3) is 17.3 Å². The molecule has 0 bridgehead atoms. The summed E-state index contributed by atoms with van der Waals surface area (Å²) < 4.78 is 10.8. The number of carbonyl (C=O) groups excluding carboxylic acids is 1. The second-order valence-corrected chi connectivity index (χ2v) is 7.41. The number of rotatable bonds is 8. The fraction of sp³-hybridized carbons (Fsp3) is 0.208. The number of thiazole rings is 1. The molecule has 3 aromatic rings. The molecule has 158 valence electrons. The molecular weight excluding hydrogens is 410 g/mol. The van der Waals surface area contributed by atoms with E-state index in [1.807, 2.05) is 30.5 Å². The number of hydrogen-bond acceptors (Lipinski definition) is 6. The maximum absolute atomic E-state index is 12.6. The number of nitriles is 1. The Hall–Kier alpha value is -3.63. The van der Waals surface area contributed by atoms with Gasteiger partial charge in [0.15, 0.2) is 16.6 Å². The van der Waals surface area contributed by atoms with Gasteiger partial charge in [-0.15, -0.1) is 11.3 Å².